The van der Waals surface area contributed by atoms with Crippen LogP contribution in [-0.2, 0) is 0 Å². The molecule has 1 N–H and O–H groups in total. The molecule has 1 saturated heterocycles. The minimum absolute atomic E-state index is 0. The normalized spacial score (nSPS) is 17.5. The number of thiophene rings is 1. The van der Waals surface area contributed by atoms with Gasteiger partial charge in [-0.25, -0.2) is 4.98 Å². The highest BCUT2D eigenvalue weighted by molar-refractivity contribution is 7.29. The molecule has 1 amide bonds. The van der Waals surface area contributed by atoms with E-state index in [0.717, 1.165) is 45.5 Å². The topological polar surface area (TPSA) is 48.5 Å². The predicted octanol–water partition coefficient (Wildman–Crippen LogP) is 3.09. The van der Waals surface area contributed by atoms with Gasteiger partial charge in [0, 0.05) is 33.2 Å². The third-order valence-corrected chi connectivity index (χ3v) is 6.10. The van der Waals surface area contributed by atoms with Gasteiger partial charge in [-0.15, -0.1) is 36.2 Å². The van der Waals surface area contributed by atoms with Gasteiger partial charge in [-0.1, -0.05) is 11.3 Å². The fourth-order valence-electron chi connectivity index (χ4n) is 2.57. The number of aromatic nitrogens is 1. The largest absolute Gasteiger partial charge is 0.354 e. The quantitative estimate of drug-likeness (QED) is 0.865. The lowest BCUT2D eigenvalue weighted by molar-refractivity contribution is 0.0703. The van der Waals surface area contributed by atoms with Crippen LogP contribution in [0.5, 0.6) is 0 Å². The highest BCUT2D eigenvalue weighted by atomic mass is 35.5. The van der Waals surface area contributed by atoms with Gasteiger partial charge in [0.05, 0.1) is 9.58 Å². The van der Waals surface area contributed by atoms with Gasteiger partial charge in [-0.3, -0.25) is 4.79 Å². The lowest BCUT2D eigenvalue weighted by atomic mass is 10.1. The zero-order valence-electron chi connectivity index (χ0n) is 13.4. The number of fused-ring (bicyclic) bond motifs is 1. The molecular weight excluding hydrogens is 375 g/mol. The molecule has 3 rings (SSSR count). The third kappa shape index (κ3) is 4.28. The number of rotatable bonds is 3. The summed E-state index contributed by atoms with van der Waals surface area (Å²) >= 11 is 3.14. The minimum atomic E-state index is 0. The summed E-state index contributed by atoms with van der Waals surface area (Å²) < 4.78 is 1.11. The van der Waals surface area contributed by atoms with Gasteiger partial charge >= 0.3 is 0 Å². The maximum Gasteiger partial charge on any atom is 0.264 e. The molecule has 0 radical (unpaired) electrons. The predicted molar refractivity (Wildman–Crippen MR) is 104 cm³/mol. The van der Waals surface area contributed by atoms with E-state index >= 15 is 0 Å². The van der Waals surface area contributed by atoms with E-state index in [1.165, 1.54) is 11.3 Å². The van der Waals surface area contributed by atoms with Crippen molar-refractivity contribution < 1.29 is 4.79 Å². The second kappa shape index (κ2) is 8.48. The maximum atomic E-state index is 12.6. The average Bonchev–Trinajstić information content (AvgIpc) is 3.05. The van der Waals surface area contributed by atoms with Gasteiger partial charge in [-0.05, 0) is 26.0 Å². The number of nitrogens with one attached hydrogen (secondary N) is 1. The zero-order chi connectivity index (χ0) is 15.0. The van der Waals surface area contributed by atoms with Crippen LogP contribution in [0.15, 0.2) is 6.07 Å². The minimum Gasteiger partial charge on any atom is -0.354 e. The second-order valence-corrected chi connectivity index (χ2v) is 7.59. The Kier molecular flexibility index (Phi) is 7.54. The van der Waals surface area contributed by atoms with Crippen LogP contribution in [0.2, 0.25) is 0 Å². The highest BCUT2D eigenvalue weighted by Crippen LogP contribution is 2.34. The number of amides is 1. The molecule has 23 heavy (non-hydrogen) atoms. The summed E-state index contributed by atoms with van der Waals surface area (Å²) in [5.41, 5.74) is 0. The Hall–Kier alpha value is -0.600. The molecule has 1 aliphatic heterocycles. The van der Waals surface area contributed by atoms with Crippen LogP contribution in [0.1, 0.15) is 22.5 Å². The number of piperidine rings is 1. The molecule has 0 bridgehead atoms. The summed E-state index contributed by atoms with van der Waals surface area (Å²) in [6, 6.07) is 2.41. The lowest BCUT2D eigenvalue weighted by Crippen LogP contribution is -2.46. The molecule has 2 aromatic heterocycles. The summed E-state index contributed by atoms with van der Waals surface area (Å²) in [5, 5.41) is 4.26. The number of anilines is 1. The van der Waals surface area contributed by atoms with Crippen molar-refractivity contribution >= 4 is 68.1 Å². The first-order chi connectivity index (χ1) is 10.1. The fraction of sp³-hybridized carbons (Fsp3) is 0.571. The van der Waals surface area contributed by atoms with Crippen LogP contribution < -0.4 is 10.2 Å². The molecule has 0 spiro atoms. The van der Waals surface area contributed by atoms with E-state index in [1.54, 1.807) is 11.3 Å². The summed E-state index contributed by atoms with van der Waals surface area (Å²) in [7, 11) is 5.94. The number of likely N-dealkylation sites (N-methyl/N-ethyl adjacent to an activating group) is 1. The molecule has 1 unspecified atom stereocenters. The Balaban J connectivity index is 0.00000132. The Morgan fingerprint density at radius 1 is 1.39 bits per heavy atom. The number of thiazole rings is 1. The highest BCUT2D eigenvalue weighted by Gasteiger charge is 2.25. The molecule has 2 aromatic rings. The molecule has 9 heteroatoms. The molecule has 3 heterocycles. The number of nitrogens with zero attached hydrogens (tertiary/aromatic N) is 3. The van der Waals surface area contributed by atoms with Crippen LogP contribution in [0.25, 0.3) is 9.53 Å². The first-order valence-corrected chi connectivity index (χ1v) is 8.76. The van der Waals surface area contributed by atoms with Gasteiger partial charge < -0.3 is 15.1 Å². The monoisotopic (exact) mass is 396 g/mol. The Morgan fingerprint density at radius 3 is 2.74 bits per heavy atom. The standard InChI is InChI=1S/C14H20N4OS2.2ClH/c1-15-9-5-4-6-18(8-9)13(19)11-7-10-12(20-11)16-14(21-10)17(2)3;;/h7,9,15H,4-6,8H2,1-3H3;2*1H. The molecule has 0 saturated carbocycles. The Bertz CT molecular complexity index is 627. The molecular formula is C14H22Cl2N4OS2. The van der Waals surface area contributed by atoms with E-state index in [0.29, 0.717) is 6.04 Å². The number of hydrogen-bond acceptors (Lipinski definition) is 6. The first kappa shape index (κ1) is 20.4. The van der Waals surface area contributed by atoms with Crippen LogP contribution >= 0.6 is 47.5 Å². The Morgan fingerprint density at radius 2 is 2.13 bits per heavy atom. The number of likely N-dealkylation sites (tertiary alicyclic amines) is 1. The summed E-state index contributed by atoms with van der Waals surface area (Å²) in [6.07, 6.45) is 2.22. The molecule has 1 fully saturated rings. The van der Waals surface area contributed by atoms with Gasteiger partial charge in [0.15, 0.2) is 5.13 Å². The molecule has 0 aliphatic carbocycles. The van der Waals surface area contributed by atoms with Crippen LogP contribution in [0, 0.1) is 0 Å². The summed E-state index contributed by atoms with van der Waals surface area (Å²) in [4.78, 5) is 22.9. The summed E-state index contributed by atoms with van der Waals surface area (Å²) in [5.74, 6) is 0.150. The van der Waals surface area contributed by atoms with Gasteiger partial charge in [0.2, 0.25) is 0 Å². The van der Waals surface area contributed by atoms with E-state index < -0.39 is 0 Å². The van der Waals surface area contributed by atoms with E-state index in [1.807, 2.05) is 37.0 Å². The van der Waals surface area contributed by atoms with E-state index in [4.69, 9.17) is 0 Å². The van der Waals surface area contributed by atoms with Crippen molar-refractivity contribution in [2.24, 2.45) is 0 Å². The van der Waals surface area contributed by atoms with Gasteiger partial charge in [-0.2, -0.15) is 0 Å². The van der Waals surface area contributed by atoms with Crippen molar-refractivity contribution in [2.75, 3.05) is 39.1 Å². The van der Waals surface area contributed by atoms with Crippen molar-refractivity contribution in [3.63, 3.8) is 0 Å². The Labute approximate surface area is 156 Å². The van der Waals surface area contributed by atoms with E-state index in [-0.39, 0.29) is 30.7 Å². The summed E-state index contributed by atoms with van der Waals surface area (Å²) in [6.45, 7) is 1.66. The smallest absolute Gasteiger partial charge is 0.264 e. The number of hydrogen-bond donors (Lipinski definition) is 1. The van der Waals surface area contributed by atoms with Crippen molar-refractivity contribution in [3.05, 3.63) is 10.9 Å². The second-order valence-electron chi connectivity index (χ2n) is 5.55. The van der Waals surface area contributed by atoms with Crippen LogP contribution in [0.3, 0.4) is 0 Å². The SMILES string of the molecule is CNC1CCCN(C(=O)c2cc3sc(N(C)C)nc3s2)C1.Cl.Cl. The zero-order valence-corrected chi connectivity index (χ0v) is 16.6. The van der Waals surface area contributed by atoms with Crippen molar-refractivity contribution in [3.8, 4) is 0 Å². The average molecular weight is 397 g/mol. The molecule has 5 nitrogen and oxygen atoms in total. The lowest BCUT2D eigenvalue weighted by Gasteiger charge is -2.32. The van der Waals surface area contributed by atoms with Crippen molar-refractivity contribution in [1.82, 2.24) is 15.2 Å². The maximum absolute atomic E-state index is 12.6. The van der Waals surface area contributed by atoms with Crippen LogP contribution in [0.4, 0.5) is 5.13 Å². The molecule has 1 atom stereocenters. The number of halogens is 2. The molecule has 1 aliphatic rings. The van der Waals surface area contributed by atoms with E-state index in [9.17, 15) is 4.79 Å². The first-order valence-electron chi connectivity index (χ1n) is 7.12. The fourth-order valence-corrected chi connectivity index (χ4v) is 4.67. The van der Waals surface area contributed by atoms with Crippen molar-refractivity contribution in [1.29, 1.82) is 0 Å². The van der Waals surface area contributed by atoms with Crippen LogP contribution in [-0.4, -0.2) is 56.1 Å². The van der Waals surface area contributed by atoms with Gasteiger partial charge in [0.1, 0.15) is 4.83 Å². The van der Waals surface area contributed by atoms with E-state index in [2.05, 4.69) is 10.3 Å². The molecule has 0 aromatic carbocycles. The number of carbonyl (C=O) groups is 1. The van der Waals surface area contributed by atoms with Crippen molar-refractivity contribution in [2.45, 2.75) is 18.9 Å². The number of carbonyl (C=O) groups excluding carboxylic acids is 1. The third-order valence-electron chi connectivity index (χ3n) is 3.79. The molecule has 130 valence electrons. The van der Waals surface area contributed by atoms with Gasteiger partial charge in [0.25, 0.3) is 5.91 Å².